The average Bonchev–Trinajstić information content (AvgIpc) is 2.23. The maximum Gasteiger partial charge on any atom is 0.119 e. The third kappa shape index (κ3) is 4.50. The van der Waals surface area contributed by atoms with Crippen molar-refractivity contribution in [3.8, 4) is 0 Å². The Bertz CT molecular complexity index is 297. The highest BCUT2D eigenvalue weighted by atomic mass is 19.1. The van der Waals surface area contributed by atoms with Crippen LogP contribution in [0.15, 0.2) is 18.2 Å². The van der Waals surface area contributed by atoms with Gasteiger partial charge in [0.05, 0.1) is 0 Å². The fraction of sp³-hybridized carbons (Fsp3) is 0.538. The number of halogens is 1. The van der Waals surface area contributed by atoms with Crippen LogP contribution in [0.5, 0.6) is 0 Å². The highest BCUT2D eigenvalue weighted by Crippen LogP contribution is 2.04. The zero-order valence-corrected chi connectivity index (χ0v) is 9.72. The zero-order chi connectivity index (χ0) is 11.1. The van der Waals surface area contributed by atoms with Crippen LogP contribution < -0.4 is 5.46 Å². The first-order valence-electron chi connectivity index (χ1n) is 5.83. The van der Waals surface area contributed by atoms with Crippen LogP contribution >= 0.6 is 0 Å². The Labute approximate surface area is 93.1 Å². The van der Waals surface area contributed by atoms with Gasteiger partial charge in [-0.25, -0.2) is 10.7 Å². The molecule has 0 atom stereocenters. The molecule has 82 valence electrons. The molecule has 0 aliphatic heterocycles. The van der Waals surface area contributed by atoms with E-state index < -0.39 is 0 Å². The van der Waals surface area contributed by atoms with Gasteiger partial charge in [0.15, 0.2) is 0 Å². The molecule has 0 heterocycles. The van der Waals surface area contributed by atoms with Crippen LogP contribution in [0, 0.1) is 12.7 Å². The van der Waals surface area contributed by atoms with Crippen molar-refractivity contribution in [2.45, 2.75) is 45.9 Å². The molecule has 0 unspecified atom stereocenters. The number of aryl methyl sites for hydroxylation is 1. The van der Waals surface area contributed by atoms with Crippen molar-refractivity contribution in [2.24, 2.45) is 0 Å². The van der Waals surface area contributed by atoms with E-state index in [1.807, 2.05) is 13.0 Å². The van der Waals surface area contributed by atoms with Gasteiger partial charge >= 0.3 is 0 Å². The first-order chi connectivity index (χ1) is 7.24. The van der Waals surface area contributed by atoms with Gasteiger partial charge in [0, 0.05) is 0 Å². The lowest BCUT2D eigenvalue weighted by Crippen LogP contribution is -2.17. The second-order valence-electron chi connectivity index (χ2n) is 4.05. The van der Waals surface area contributed by atoms with Gasteiger partial charge < -0.3 is 0 Å². The molecule has 0 amide bonds. The molecular weight excluding hydrogens is 186 g/mol. The van der Waals surface area contributed by atoms with Crippen LogP contribution in [0.2, 0.25) is 6.32 Å². The Morgan fingerprint density at radius 2 is 2.00 bits per heavy atom. The third-order valence-electron chi connectivity index (χ3n) is 2.66. The van der Waals surface area contributed by atoms with E-state index in [0.29, 0.717) is 0 Å². The SMILES string of the molecule is CCCCCC[B-]c1cc(F)ccc1C. The second kappa shape index (κ2) is 6.65. The van der Waals surface area contributed by atoms with Gasteiger partial charge in [0.1, 0.15) is 5.82 Å². The van der Waals surface area contributed by atoms with E-state index in [2.05, 4.69) is 14.2 Å². The van der Waals surface area contributed by atoms with Crippen LogP contribution in [-0.4, -0.2) is 7.28 Å². The summed E-state index contributed by atoms with van der Waals surface area (Å²) in [6.45, 7) is 4.23. The first kappa shape index (κ1) is 12.3. The van der Waals surface area contributed by atoms with Crippen LogP contribution in [-0.2, 0) is 0 Å². The lowest BCUT2D eigenvalue weighted by molar-refractivity contribution is 0.628. The molecule has 0 fully saturated rings. The van der Waals surface area contributed by atoms with E-state index in [0.717, 1.165) is 17.3 Å². The maximum atomic E-state index is 13.0. The molecule has 1 aromatic rings. The summed E-state index contributed by atoms with van der Waals surface area (Å²) in [4.78, 5) is 0. The molecule has 1 rings (SSSR count). The Kier molecular flexibility index (Phi) is 5.45. The smallest absolute Gasteiger partial charge is 0.119 e. The van der Waals surface area contributed by atoms with Crippen LogP contribution in [0.25, 0.3) is 0 Å². The summed E-state index contributed by atoms with van der Waals surface area (Å²) >= 11 is 0. The molecule has 0 bridgehead atoms. The van der Waals surface area contributed by atoms with Gasteiger partial charge in [-0.15, -0.1) is 0 Å². The number of rotatable bonds is 6. The highest BCUT2D eigenvalue weighted by Gasteiger charge is 1.90. The minimum atomic E-state index is -0.139. The van der Waals surface area contributed by atoms with Crippen molar-refractivity contribution in [1.29, 1.82) is 0 Å². The molecule has 0 aromatic heterocycles. The zero-order valence-electron chi connectivity index (χ0n) is 9.72. The Morgan fingerprint density at radius 3 is 2.73 bits per heavy atom. The summed E-state index contributed by atoms with van der Waals surface area (Å²) in [7, 11) is 2.15. The normalized spacial score (nSPS) is 10.6. The van der Waals surface area contributed by atoms with E-state index in [9.17, 15) is 4.39 Å². The van der Waals surface area contributed by atoms with Crippen molar-refractivity contribution in [3.05, 3.63) is 29.6 Å². The molecule has 0 saturated carbocycles. The monoisotopic (exact) mass is 205 g/mol. The predicted molar refractivity (Wildman–Crippen MR) is 65.5 cm³/mol. The van der Waals surface area contributed by atoms with Gasteiger partial charge in [0.25, 0.3) is 0 Å². The van der Waals surface area contributed by atoms with E-state index >= 15 is 0 Å². The number of benzene rings is 1. The summed E-state index contributed by atoms with van der Waals surface area (Å²) in [5, 5.41) is 0. The van der Waals surface area contributed by atoms with E-state index in [1.165, 1.54) is 31.7 Å². The van der Waals surface area contributed by atoms with Crippen molar-refractivity contribution in [1.82, 2.24) is 0 Å². The third-order valence-corrected chi connectivity index (χ3v) is 2.66. The number of unbranched alkanes of at least 4 members (excludes halogenated alkanes) is 3. The summed E-state index contributed by atoms with van der Waals surface area (Å²) in [5.41, 5.74) is 2.21. The largest absolute Gasteiger partial charge is 0.296 e. The fourth-order valence-electron chi connectivity index (χ4n) is 1.66. The molecule has 2 radical (unpaired) electrons. The second-order valence-corrected chi connectivity index (χ2v) is 4.05. The average molecular weight is 205 g/mol. The fourth-order valence-corrected chi connectivity index (χ4v) is 1.66. The molecule has 0 spiro atoms. The Balaban J connectivity index is 2.33. The highest BCUT2D eigenvalue weighted by molar-refractivity contribution is 6.53. The molecule has 2 heteroatoms. The van der Waals surface area contributed by atoms with Crippen LogP contribution in [0.3, 0.4) is 0 Å². The van der Waals surface area contributed by atoms with Crippen molar-refractivity contribution in [3.63, 3.8) is 0 Å². The summed E-state index contributed by atoms with van der Waals surface area (Å²) in [6.07, 6.45) is 6.12. The van der Waals surface area contributed by atoms with Gasteiger partial charge in [-0.2, -0.15) is 0 Å². The first-order valence-corrected chi connectivity index (χ1v) is 5.83. The minimum absolute atomic E-state index is 0.139. The Hall–Kier alpha value is -0.785. The maximum absolute atomic E-state index is 13.0. The molecule has 0 N–H and O–H groups in total. The van der Waals surface area contributed by atoms with Crippen LogP contribution in [0.1, 0.15) is 38.2 Å². The van der Waals surface area contributed by atoms with Gasteiger partial charge in [-0.1, -0.05) is 50.3 Å². The van der Waals surface area contributed by atoms with Gasteiger partial charge in [0.2, 0.25) is 0 Å². The van der Waals surface area contributed by atoms with Crippen molar-refractivity contribution in [2.75, 3.05) is 0 Å². The molecule has 15 heavy (non-hydrogen) atoms. The summed E-state index contributed by atoms with van der Waals surface area (Å²) in [6, 6.07) is 4.98. The van der Waals surface area contributed by atoms with Crippen molar-refractivity contribution < 1.29 is 4.39 Å². The molecule has 0 aliphatic rings. The molecule has 0 saturated heterocycles. The molecule has 0 aliphatic carbocycles. The van der Waals surface area contributed by atoms with Crippen molar-refractivity contribution >= 4 is 12.7 Å². The minimum Gasteiger partial charge on any atom is -0.296 e. The molecule has 0 nitrogen and oxygen atoms in total. The summed E-state index contributed by atoms with van der Waals surface area (Å²) in [5.74, 6) is -0.139. The van der Waals surface area contributed by atoms with Crippen LogP contribution in [0.4, 0.5) is 4.39 Å². The number of hydrogen-bond acceptors (Lipinski definition) is 0. The van der Waals surface area contributed by atoms with Gasteiger partial charge in [-0.3, -0.25) is 12.7 Å². The molecular formula is C13H19BF-. The quantitative estimate of drug-likeness (QED) is 0.492. The predicted octanol–water partition coefficient (Wildman–Crippen LogP) is 3.46. The Morgan fingerprint density at radius 1 is 1.20 bits per heavy atom. The van der Waals surface area contributed by atoms with E-state index in [1.54, 1.807) is 6.07 Å². The topological polar surface area (TPSA) is 0 Å². The lowest BCUT2D eigenvalue weighted by atomic mass is 9.64. The number of hydrogen-bond donors (Lipinski definition) is 0. The summed E-state index contributed by atoms with van der Waals surface area (Å²) < 4.78 is 13.0. The molecule has 1 aromatic carbocycles. The lowest BCUT2D eigenvalue weighted by Gasteiger charge is -2.19. The standard InChI is InChI=1S/C13H19BF/c1-3-4-5-6-9-14-13-10-12(15)8-7-11(13)2/h7-8,10H,3-6,9H2,1-2H3/q-1. The van der Waals surface area contributed by atoms with E-state index in [-0.39, 0.29) is 5.82 Å². The van der Waals surface area contributed by atoms with E-state index in [4.69, 9.17) is 0 Å². The van der Waals surface area contributed by atoms with Gasteiger partial charge in [-0.05, 0) is 13.0 Å².